The third kappa shape index (κ3) is 3.80. The standard InChI is InChI=1S/C21H23N5OS/c1-3-26-19(16-9-11-22-12-10-16)24-25-21(26)28-14(2)20(27)23-18-8-7-15-5-4-6-17(15)13-18/h7-14H,3-6H2,1-2H3,(H,23,27)/t14-/m0/s1. The van der Waals surface area contributed by atoms with Crippen molar-refractivity contribution in [3.63, 3.8) is 0 Å². The average molecular weight is 394 g/mol. The molecule has 0 aliphatic heterocycles. The maximum absolute atomic E-state index is 12.7. The van der Waals surface area contributed by atoms with E-state index in [0.29, 0.717) is 0 Å². The SMILES string of the molecule is CCn1c(S[C@@H](C)C(=O)Nc2ccc3c(c2)CCC3)nnc1-c1ccncc1. The largest absolute Gasteiger partial charge is 0.325 e. The van der Waals surface area contributed by atoms with Gasteiger partial charge in [0.05, 0.1) is 5.25 Å². The summed E-state index contributed by atoms with van der Waals surface area (Å²) in [6.07, 6.45) is 6.92. The number of benzene rings is 1. The monoisotopic (exact) mass is 393 g/mol. The summed E-state index contributed by atoms with van der Waals surface area (Å²) in [5.74, 6) is 0.762. The van der Waals surface area contributed by atoms with Gasteiger partial charge < -0.3 is 9.88 Å². The minimum atomic E-state index is -0.284. The van der Waals surface area contributed by atoms with Gasteiger partial charge in [-0.15, -0.1) is 10.2 Å². The molecule has 28 heavy (non-hydrogen) atoms. The number of nitrogens with one attached hydrogen (secondary N) is 1. The molecule has 0 fully saturated rings. The lowest BCUT2D eigenvalue weighted by Crippen LogP contribution is -2.23. The highest BCUT2D eigenvalue weighted by molar-refractivity contribution is 8.00. The van der Waals surface area contributed by atoms with Crippen LogP contribution in [-0.2, 0) is 24.2 Å². The van der Waals surface area contributed by atoms with Gasteiger partial charge in [0.15, 0.2) is 11.0 Å². The molecule has 0 unspecified atom stereocenters. The van der Waals surface area contributed by atoms with E-state index >= 15 is 0 Å². The van der Waals surface area contributed by atoms with Crippen LogP contribution in [0.15, 0.2) is 47.9 Å². The molecule has 1 amide bonds. The second kappa shape index (κ2) is 8.14. The predicted octanol–water partition coefficient (Wildman–Crippen LogP) is 3.97. The molecule has 4 rings (SSSR count). The molecule has 1 aliphatic carbocycles. The summed E-state index contributed by atoms with van der Waals surface area (Å²) < 4.78 is 2.03. The summed E-state index contributed by atoms with van der Waals surface area (Å²) in [7, 11) is 0. The summed E-state index contributed by atoms with van der Waals surface area (Å²) in [5, 5.41) is 12.1. The van der Waals surface area contributed by atoms with E-state index in [1.807, 2.05) is 36.6 Å². The second-order valence-corrected chi connectivity index (χ2v) is 8.18. The molecular formula is C21H23N5OS. The van der Waals surface area contributed by atoms with E-state index in [1.54, 1.807) is 12.4 Å². The third-order valence-electron chi connectivity index (χ3n) is 4.99. The van der Waals surface area contributed by atoms with Crippen molar-refractivity contribution < 1.29 is 4.79 Å². The number of aryl methyl sites for hydroxylation is 2. The van der Waals surface area contributed by atoms with Gasteiger partial charge in [-0.25, -0.2) is 0 Å². The molecule has 3 aromatic rings. The molecule has 6 nitrogen and oxygen atoms in total. The lowest BCUT2D eigenvalue weighted by Gasteiger charge is -2.13. The van der Waals surface area contributed by atoms with Gasteiger partial charge in [0.25, 0.3) is 0 Å². The maximum Gasteiger partial charge on any atom is 0.237 e. The minimum absolute atomic E-state index is 0.0286. The lowest BCUT2D eigenvalue weighted by molar-refractivity contribution is -0.115. The summed E-state index contributed by atoms with van der Waals surface area (Å²) in [4.78, 5) is 16.7. The first-order chi connectivity index (χ1) is 13.7. The smallest absolute Gasteiger partial charge is 0.237 e. The number of hydrogen-bond donors (Lipinski definition) is 1. The Morgan fingerprint density at radius 3 is 2.75 bits per heavy atom. The molecule has 2 heterocycles. The van der Waals surface area contributed by atoms with Crippen LogP contribution in [0.2, 0.25) is 0 Å². The van der Waals surface area contributed by atoms with Gasteiger partial charge in [-0.05, 0) is 68.5 Å². The first kappa shape index (κ1) is 18.7. The fourth-order valence-corrected chi connectivity index (χ4v) is 4.39. The highest BCUT2D eigenvalue weighted by Gasteiger charge is 2.21. The van der Waals surface area contributed by atoms with Crippen LogP contribution < -0.4 is 5.32 Å². The summed E-state index contributed by atoms with van der Waals surface area (Å²) in [6.45, 7) is 4.67. The van der Waals surface area contributed by atoms with Crippen LogP contribution in [0.5, 0.6) is 0 Å². The van der Waals surface area contributed by atoms with Crippen molar-refractivity contribution in [2.75, 3.05) is 5.32 Å². The molecule has 0 bridgehead atoms. The Morgan fingerprint density at radius 2 is 1.96 bits per heavy atom. The fraction of sp³-hybridized carbons (Fsp3) is 0.333. The maximum atomic E-state index is 12.7. The molecule has 0 spiro atoms. The van der Waals surface area contributed by atoms with Crippen LogP contribution in [0.4, 0.5) is 5.69 Å². The van der Waals surface area contributed by atoms with Crippen molar-refractivity contribution in [3.05, 3.63) is 53.9 Å². The minimum Gasteiger partial charge on any atom is -0.325 e. The van der Waals surface area contributed by atoms with Crippen molar-refractivity contribution >= 4 is 23.4 Å². The summed E-state index contributed by atoms with van der Waals surface area (Å²) in [5.41, 5.74) is 4.59. The van der Waals surface area contributed by atoms with E-state index in [1.165, 1.54) is 29.3 Å². The second-order valence-electron chi connectivity index (χ2n) is 6.87. The first-order valence-corrected chi connectivity index (χ1v) is 10.5. The third-order valence-corrected chi connectivity index (χ3v) is 6.07. The first-order valence-electron chi connectivity index (χ1n) is 9.58. The Hall–Kier alpha value is -2.67. The molecular weight excluding hydrogens is 370 g/mol. The van der Waals surface area contributed by atoms with Crippen LogP contribution in [0.25, 0.3) is 11.4 Å². The number of carbonyl (C=O) groups is 1. The number of amides is 1. The Labute approximate surface area is 168 Å². The number of aromatic nitrogens is 4. The number of carbonyl (C=O) groups excluding carboxylic acids is 1. The zero-order chi connectivity index (χ0) is 19.5. The molecule has 144 valence electrons. The molecule has 2 aromatic heterocycles. The Kier molecular flexibility index (Phi) is 5.43. The van der Waals surface area contributed by atoms with Crippen LogP contribution in [0.1, 0.15) is 31.4 Å². The number of nitrogens with zero attached hydrogens (tertiary/aromatic N) is 4. The van der Waals surface area contributed by atoms with Gasteiger partial charge in [-0.2, -0.15) is 0 Å². The molecule has 1 aliphatic rings. The van der Waals surface area contributed by atoms with E-state index in [4.69, 9.17) is 0 Å². The fourth-order valence-electron chi connectivity index (χ4n) is 3.48. The zero-order valence-corrected chi connectivity index (χ0v) is 16.9. The zero-order valence-electron chi connectivity index (χ0n) is 16.1. The summed E-state index contributed by atoms with van der Waals surface area (Å²) in [6, 6.07) is 10.1. The van der Waals surface area contributed by atoms with Crippen molar-refractivity contribution in [2.45, 2.75) is 50.1 Å². The van der Waals surface area contributed by atoms with Crippen molar-refractivity contribution in [3.8, 4) is 11.4 Å². The number of thioether (sulfide) groups is 1. The van der Waals surface area contributed by atoms with Gasteiger partial charge in [-0.3, -0.25) is 9.78 Å². The van der Waals surface area contributed by atoms with Crippen molar-refractivity contribution in [1.29, 1.82) is 0 Å². The number of fused-ring (bicyclic) bond motifs is 1. The Bertz CT molecular complexity index is 986. The topological polar surface area (TPSA) is 72.7 Å². The number of hydrogen-bond acceptors (Lipinski definition) is 5. The quantitative estimate of drug-likeness (QED) is 0.642. The van der Waals surface area contributed by atoms with E-state index in [2.05, 4.69) is 32.6 Å². The molecule has 0 radical (unpaired) electrons. The molecule has 0 saturated heterocycles. The average Bonchev–Trinajstić information content (AvgIpc) is 3.34. The number of pyridine rings is 1. The normalized spacial score (nSPS) is 13.9. The van der Waals surface area contributed by atoms with E-state index in [-0.39, 0.29) is 11.2 Å². The van der Waals surface area contributed by atoms with Crippen molar-refractivity contribution in [1.82, 2.24) is 19.7 Å². The lowest BCUT2D eigenvalue weighted by atomic mass is 10.1. The van der Waals surface area contributed by atoms with E-state index in [9.17, 15) is 4.79 Å². The van der Waals surface area contributed by atoms with E-state index < -0.39 is 0 Å². The molecule has 0 saturated carbocycles. The highest BCUT2D eigenvalue weighted by Crippen LogP contribution is 2.28. The molecule has 1 atom stereocenters. The summed E-state index contributed by atoms with van der Waals surface area (Å²) >= 11 is 1.42. The van der Waals surface area contributed by atoms with Crippen LogP contribution in [-0.4, -0.2) is 30.9 Å². The van der Waals surface area contributed by atoms with Gasteiger partial charge >= 0.3 is 0 Å². The highest BCUT2D eigenvalue weighted by atomic mass is 32.2. The van der Waals surface area contributed by atoms with Crippen molar-refractivity contribution in [2.24, 2.45) is 0 Å². The van der Waals surface area contributed by atoms with Gasteiger partial charge in [0.1, 0.15) is 0 Å². The predicted molar refractivity (Wildman–Crippen MR) is 111 cm³/mol. The molecule has 1 aromatic carbocycles. The van der Waals surface area contributed by atoms with Crippen LogP contribution in [0.3, 0.4) is 0 Å². The Morgan fingerprint density at radius 1 is 1.18 bits per heavy atom. The molecule has 7 heteroatoms. The number of anilines is 1. The van der Waals surface area contributed by atoms with Gasteiger partial charge in [0, 0.05) is 30.2 Å². The van der Waals surface area contributed by atoms with E-state index in [0.717, 1.165) is 41.6 Å². The van der Waals surface area contributed by atoms with Crippen LogP contribution in [0, 0.1) is 0 Å². The van der Waals surface area contributed by atoms with Crippen LogP contribution >= 0.6 is 11.8 Å². The Balaban J connectivity index is 1.46. The number of rotatable bonds is 6. The van der Waals surface area contributed by atoms with Gasteiger partial charge in [0.2, 0.25) is 5.91 Å². The van der Waals surface area contributed by atoms with Gasteiger partial charge in [-0.1, -0.05) is 17.8 Å². The molecule has 1 N–H and O–H groups in total.